The highest BCUT2D eigenvalue weighted by Gasteiger charge is 2.45. The summed E-state index contributed by atoms with van der Waals surface area (Å²) in [7, 11) is 0. The Morgan fingerprint density at radius 3 is 2.69 bits per heavy atom. The van der Waals surface area contributed by atoms with E-state index in [0.29, 0.717) is 18.0 Å². The lowest BCUT2D eigenvalue weighted by molar-refractivity contribution is -0.0429. The topological polar surface area (TPSA) is 41.6 Å². The van der Waals surface area contributed by atoms with Gasteiger partial charge in [0.15, 0.2) is 0 Å². The lowest BCUT2D eigenvalue weighted by atomic mass is 9.81. The van der Waals surface area contributed by atoms with Crippen LogP contribution in [0.25, 0.3) is 0 Å². The summed E-state index contributed by atoms with van der Waals surface area (Å²) in [6.45, 7) is 9.69. The Morgan fingerprint density at radius 2 is 2.12 bits per heavy atom. The first kappa shape index (κ1) is 11.7. The molecule has 1 N–H and O–H groups in total. The zero-order valence-corrected chi connectivity index (χ0v) is 10.6. The summed E-state index contributed by atoms with van der Waals surface area (Å²) in [5, 5.41) is 3.41. The molecule has 0 unspecified atom stereocenters. The number of amides is 1. The van der Waals surface area contributed by atoms with E-state index in [-0.39, 0.29) is 6.09 Å². The van der Waals surface area contributed by atoms with Crippen molar-refractivity contribution in [3.63, 3.8) is 0 Å². The van der Waals surface area contributed by atoms with E-state index < -0.39 is 5.60 Å². The number of fused-ring (bicyclic) bond motifs is 1. The van der Waals surface area contributed by atoms with E-state index in [1.165, 1.54) is 6.42 Å². The van der Waals surface area contributed by atoms with E-state index in [0.717, 1.165) is 13.1 Å². The smallest absolute Gasteiger partial charge is 0.410 e. The molecule has 0 aromatic heterocycles. The van der Waals surface area contributed by atoms with Gasteiger partial charge in [-0.3, -0.25) is 0 Å². The number of nitrogens with one attached hydrogen (secondary N) is 1. The predicted molar refractivity (Wildman–Crippen MR) is 62.3 cm³/mol. The number of hydrogen-bond acceptors (Lipinski definition) is 3. The van der Waals surface area contributed by atoms with Gasteiger partial charge in [-0.15, -0.1) is 0 Å². The van der Waals surface area contributed by atoms with Crippen LogP contribution in [0, 0.1) is 5.92 Å². The molecule has 2 aliphatic heterocycles. The number of carbonyl (C=O) groups excluding carboxylic acids is 1. The monoisotopic (exact) mass is 226 g/mol. The van der Waals surface area contributed by atoms with Crippen LogP contribution in [-0.4, -0.2) is 41.8 Å². The zero-order chi connectivity index (χ0) is 11.9. The van der Waals surface area contributed by atoms with Crippen LogP contribution in [0.3, 0.4) is 0 Å². The molecule has 2 fully saturated rings. The Hall–Kier alpha value is -0.770. The van der Waals surface area contributed by atoms with Gasteiger partial charge in [-0.25, -0.2) is 4.79 Å². The molecule has 0 spiro atoms. The number of rotatable bonds is 0. The number of likely N-dealkylation sites (tertiary alicyclic amines) is 1. The van der Waals surface area contributed by atoms with E-state index in [2.05, 4.69) is 12.2 Å². The van der Waals surface area contributed by atoms with E-state index >= 15 is 0 Å². The fourth-order valence-corrected chi connectivity index (χ4v) is 2.52. The van der Waals surface area contributed by atoms with E-state index in [9.17, 15) is 4.79 Å². The molecular formula is C12H22N2O2. The number of piperidine rings is 1. The first-order chi connectivity index (χ1) is 7.37. The van der Waals surface area contributed by atoms with Crippen LogP contribution in [0.4, 0.5) is 4.79 Å². The van der Waals surface area contributed by atoms with Crippen molar-refractivity contribution in [3.8, 4) is 0 Å². The summed E-state index contributed by atoms with van der Waals surface area (Å²) in [4.78, 5) is 13.7. The maximum atomic E-state index is 11.9. The number of carbonyl (C=O) groups is 1. The molecule has 16 heavy (non-hydrogen) atoms. The average molecular weight is 226 g/mol. The second kappa shape index (κ2) is 3.91. The van der Waals surface area contributed by atoms with Crippen molar-refractivity contribution in [1.82, 2.24) is 10.2 Å². The van der Waals surface area contributed by atoms with Crippen molar-refractivity contribution in [2.75, 3.05) is 13.1 Å². The van der Waals surface area contributed by atoms with Gasteiger partial charge in [0.2, 0.25) is 0 Å². The number of hydrogen-bond donors (Lipinski definition) is 1. The zero-order valence-electron chi connectivity index (χ0n) is 10.6. The Bertz CT molecular complexity index is 285. The summed E-state index contributed by atoms with van der Waals surface area (Å²) in [6, 6.07) is 0.938. The maximum Gasteiger partial charge on any atom is 0.410 e. The lowest BCUT2D eigenvalue weighted by Gasteiger charge is -2.52. The molecule has 92 valence electrons. The molecule has 1 amide bonds. The molecule has 2 aliphatic rings. The van der Waals surface area contributed by atoms with Crippen LogP contribution in [0.2, 0.25) is 0 Å². The van der Waals surface area contributed by atoms with Crippen molar-refractivity contribution in [1.29, 1.82) is 0 Å². The summed E-state index contributed by atoms with van der Waals surface area (Å²) in [5.74, 6) is 0.670. The van der Waals surface area contributed by atoms with Crippen LogP contribution in [0.1, 0.15) is 34.1 Å². The van der Waals surface area contributed by atoms with Crippen molar-refractivity contribution >= 4 is 6.09 Å². The van der Waals surface area contributed by atoms with Gasteiger partial charge in [0.25, 0.3) is 0 Å². The van der Waals surface area contributed by atoms with Gasteiger partial charge in [0.05, 0.1) is 6.04 Å². The molecule has 4 nitrogen and oxygen atoms in total. The fourth-order valence-electron chi connectivity index (χ4n) is 2.52. The van der Waals surface area contributed by atoms with Gasteiger partial charge >= 0.3 is 6.09 Å². The van der Waals surface area contributed by atoms with Crippen LogP contribution in [0.15, 0.2) is 0 Å². The molecule has 2 saturated heterocycles. The molecule has 0 aliphatic carbocycles. The van der Waals surface area contributed by atoms with Gasteiger partial charge in [-0.2, -0.15) is 0 Å². The highest BCUT2D eigenvalue weighted by atomic mass is 16.6. The molecule has 0 radical (unpaired) electrons. The average Bonchev–Trinajstić information content (AvgIpc) is 2.06. The molecule has 0 saturated carbocycles. The molecule has 2 heterocycles. The van der Waals surface area contributed by atoms with Crippen molar-refractivity contribution < 1.29 is 9.53 Å². The Kier molecular flexibility index (Phi) is 2.86. The Balaban J connectivity index is 1.87. The fraction of sp³-hybridized carbons (Fsp3) is 0.917. The Labute approximate surface area is 97.3 Å². The van der Waals surface area contributed by atoms with Gasteiger partial charge in [-0.05, 0) is 40.0 Å². The third-order valence-electron chi connectivity index (χ3n) is 3.34. The number of ether oxygens (including phenoxy) is 1. The molecule has 2 rings (SSSR count). The highest BCUT2D eigenvalue weighted by Crippen LogP contribution is 2.32. The normalized spacial score (nSPS) is 34.0. The van der Waals surface area contributed by atoms with Crippen LogP contribution in [-0.2, 0) is 4.74 Å². The highest BCUT2D eigenvalue weighted by molar-refractivity contribution is 5.70. The van der Waals surface area contributed by atoms with Gasteiger partial charge < -0.3 is 15.0 Å². The summed E-state index contributed by atoms with van der Waals surface area (Å²) < 4.78 is 5.38. The third kappa shape index (κ3) is 2.32. The third-order valence-corrected chi connectivity index (χ3v) is 3.34. The molecule has 0 aromatic rings. The molecule has 3 atom stereocenters. The van der Waals surface area contributed by atoms with E-state index in [1.807, 2.05) is 25.7 Å². The number of nitrogens with zero attached hydrogens (tertiary/aromatic N) is 1. The molecule has 0 aromatic carbocycles. The molecule has 0 bridgehead atoms. The Morgan fingerprint density at radius 1 is 1.44 bits per heavy atom. The lowest BCUT2D eigenvalue weighted by Crippen LogP contribution is -2.67. The molecular weight excluding hydrogens is 204 g/mol. The SMILES string of the molecule is C[C@@H]1C[C@H]2CN(C(=O)OC(C)(C)C)[C@H]2CN1. The van der Waals surface area contributed by atoms with Gasteiger partial charge in [0.1, 0.15) is 5.60 Å². The predicted octanol–water partition coefficient (Wildman–Crippen LogP) is 1.60. The minimum atomic E-state index is -0.391. The van der Waals surface area contributed by atoms with E-state index in [4.69, 9.17) is 4.74 Å². The molecule has 4 heteroatoms. The summed E-state index contributed by atoms with van der Waals surface area (Å²) >= 11 is 0. The van der Waals surface area contributed by atoms with Gasteiger partial charge in [0, 0.05) is 19.1 Å². The van der Waals surface area contributed by atoms with Crippen LogP contribution in [0.5, 0.6) is 0 Å². The maximum absolute atomic E-state index is 11.9. The first-order valence-corrected chi connectivity index (χ1v) is 6.10. The second-order valence-corrected chi connectivity index (χ2v) is 6.01. The van der Waals surface area contributed by atoms with Crippen molar-refractivity contribution in [2.45, 2.75) is 51.8 Å². The van der Waals surface area contributed by atoms with E-state index in [1.54, 1.807) is 0 Å². The van der Waals surface area contributed by atoms with Crippen molar-refractivity contribution in [2.24, 2.45) is 5.92 Å². The second-order valence-electron chi connectivity index (χ2n) is 6.01. The van der Waals surface area contributed by atoms with Crippen LogP contribution >= 0.6 is 0 Å². The van der Waals surface area contributed by atoms with Crippen molar-refractivity contribution in [3.05, 3.63) is 0 Å². The van der Waals surface area contributed by atoms with Gasteiger partial charge in [-0.1, -0.05) is 0 Å². The summed E-state index contributed by atoms with van der Waals surface area (Å²) in [6.07, 6.45) is 1.01. The van der Waals surface area contributed by atoms with Crippen LogP contribution < -0.4 is 5.32 Å². The standard InChI is InChI=1S/C12H22N2O2/c1-8-5-9-7-14(10(9)6-13-8)11(15)16-12(2,3)4/h8-10,13H,5-7H2,1-4H3/t8-,9+,10+/m1/s1. The largest absolute Gasteiger partial charge is 0.444 e. The summed E-state index contributed by atoms with van der Waals surface area (Å²) in [5.41, 5.74) is -0.391. The minimum absolute atomic E-state index is 0.162. The first-order valence-electron chi connectivity index (χ1n) is 6.10. The quantitative estimate of drug-likeness (QED) is 0.682. The minimum Gasteiger partial charge on any atom is -0.444 e.